The molecule has 0 saturated heterocycles. The molecule has 2 nitrogen and oxygen atoms in total. The van der Waals surface area contributed by atoms with Crippen molar-refractivity contribution >= 4 is 56.1 Å². The Morgan fingerprint density at radius 2 is 0.796 bits per heavy atom. The fraction of sp³-hybridized carbons (Fsp3) is 0. The van der Waals surface area contributed by atoms with Gasteiger partial charge in [-0.15, -0.1) is 0 Å². The van der Waals surface area contributed by atoms with Crippen LogP contribution in [-0.4, -0.2) is 17.5 Å². The summed E-state index contributed by atoms with van der Waals surface area (Å²) >= 11 is 0. The number of fused-ring (bicyclic) bond motifs is 6. The van der Waals surface area contributed by atoms with Crippen LogP contribution in [0.5, 0.6) is 0 Å². The molecule has 0 aliphatic rings. The van der Waals surface area contributed by atoms with E-state index >= 15 is 0 Å². The molecular weight excluding hydrogens is 669 g/mol. The number of imidazole rings is 1. The van der Waals surface area contributed by atoms with E-state index < -0.39 is 8.07 Å². The Hall–Kier alpha value is -6.81. The molecule has 0 aliphatic heterocycles. The Balaban J connectivity index is 1.17. The second-order valence-electron chi connectivity index (χ2n) is 13.9. The summed E-state index contributed by atoms with van der Waals surface area (Å²) in [5, 5.41) is 9.03. The van der Waals surface area contributed by atoms with E-state index in [2.05, 4.69) is 223 Å². The van der Waals surface area contributed by atoms with Crippen molar-refractivity contribution in [2.24, 2.45) is 0 Å². The van der Waals surface area contributed by atoms with Crippen LogP contribution < -0.4 is 20.7 Å². The summed E-state index contributed by atoms with van der Waals surface area (Å²) in [4.78, 5) is 5.43. The summed E-state index contributed by atoms with van der Waals surface area (Å²) in [6, 6.07) is 79.6. The van der Waals surface area contributed by atoms with Crippen molar-refractivity contribution in [1.82, 2.24) is 9.38 Å². The molecule has 10 aromatic rings. The number of nitrogens with zero attached hydrogens (tertiary/aromatic N) is 2. The Kier molecular flexibility index (Phi) is 7.86. The van der Waals surface area contributed by atoms with E-state index in [1.165, 1.54) is 42.6 Å². The molecule has 0 bridgehead atoms. The highest BCUT2D eigenvalue weighted by Crippen LogP contribution is 2.40. The van der Waals surface area contributed by atoms with E-state index in [9.17, 15) is 0 Å². The molecule has 2 heterocycles. The van der Waals surface area contributed by atoms with Crippen LogP contribution >= 0.6 is 0 Å². The predicted molar refractivity (Wildman–Crippen MR) is 230 cm³/mol. The van der Waals surface area contributed by atoms with Gasteiger partial charge in [0.1, 0.15) is 5.65 Å². The van der Waals surface area contributed by atoms with E-state index in [1.807, 2.05) is 0 Å². The lowest BCUT2D eigenvalue weighted by Gasteiger charge is -2.34. The standard InChI is InChI=1S/C51H36N2Si/c1-6-18-38(19-7-1)49-50(39-20-8-2-9-21-39)53-48-29-17-16-28-45(48)47-36-40(32-35-46(47)51(53)52-49)37-30-33-44(34-31-37)54(41-22-10-3-11-23-41,42-24-12-4-13-25-42)43-26-14-5-15-27-43/h1-36H. The van der Waals surface area contributed by atoms with Gasteiger partial charge in [-0.3, -0.25) is 4.40 Å². The topological polar surface area (TPSA) is 17.3 Å². The Bertz CT molecular complexity index is 2790. The first-order valence-corrected chi connectivity index (χ1v) is 20.6. The lowest BCUT2D eigenvalue weighted by atomic mass is 9.99. The molecule has 0 aliphatic carbocycles. The molecule has 2 aromatic heterocycles. The summed E-state index contributed by atoms with van der Waals surface area (Å²) in [6.07, 6.45) is 0. The van der Waals surface area contributed by atoms with Crippen molar-refractivity contribution in [3.63, 3.8) is 0 Å². The monoisotopic (exact) mass is 704 g/mol. The molecule has 254 valence electrons. The maximum absolute atomic E-state index is 5.43. The number of hydrogen-bond acceptors (Lipinski definition) is 1. The zero-order valence-electron chi connectivity index (χ0n) is 29.7. The van der Waals surface area contributed by atoms with E-state index in [1.54, 1.807) is 0 Å². The lowest BCUT2D eigenvalue weighted by molar-refractivity contribution is 1.27. The smallest absolute Gasteiger partial charge is 0.179 e. The van der Waals surface area contributed by atoms with Crippen LogP contribution in [0.25, 0.3) is 61.0 Å². The average Bonchev–Trinajstić information content (AvgIpc) is 3.67. The maximum Gasteiger partial charge on any atom is 0.179 e. The van der Waals surface area contributed by atoms with Crippen molar-refractivity contribution in [2.45, 2.75) is 0 Å². The molecule has 0 spiro atoms. The summed E-state index contributed by atoms with van der Waals surface area (Å²) in [5.74, 6) is 0. The molecule has 0 atom stereocenters. The van der Waals surface area contributed by atoms with Gasteiger partial charge < -0.3 is 0 Å². The van der Waals surface area contributed by atoms with Gasteiger partial charge in [0.25, 0.3) is 0 Å². The summed E-state index contributed by atoms with van der Waals surface area (Å²) in [5.41, 5.74) is 8.84. The van der Waals surface area contributed by atoms with Gasteiger partial charge in [0.15, 0.2) is 8.07 Å². The third kappa shape index (κ3) is 5.13. The minimum Gasteiger partial charge on any atom is -0.291 e. The van der Waals surface area contributed by atoms with Gasteiger partial charge in [0, 0.05) is 21.9 Å². The van der Waals surface area contributed by atoms with Gasteiger partial charge >= 0.3 is 0 Å². The first-order chi connectivity index (χ1) is 26.8. The minimum atomic E-state index is -2.60. The predicted octanol–water partition coefficient (Wildman–Crippen LogP) is 10.0. The molecule has 0 fully saturated rings. The average molecular weight is 705 g/mol. The van der Waals surface area contributed by atoms with Crippen molar-refractivity contribution < 1.29 is 0 Å². The number of aromatic nitrogens is 2. The fourth-order valence-electron chi connectivity index (χ4n) is 8.51. The van der Waals surface area contributed by atoms with Gasteiger partial charge in [-0.25, -0.2) is 4.98 Å². The van der Waals surface area contributed by atoms with Crippen molar-refractivity contribution in [3.05, 3.63) is 218 Å². The second-order valence-corrected chi connectivity index (χ2v) is 17.7. The molecule has 0 amide bonds. The number of hydrogen-bond donors (Lipinski definition) is 0. The quantitative estimate of drug-likeness (QED) is 0.0918. The third-order valence-corrected chi connectivity index (χ3v) is 15.7. The van der Waals surface area contributed by atoms with Gasteiger partial charge in [-0.05, 0) is 55.5 Å². The molecule has 3 heteroatoms. The molecule has 0 unspecified atom stereocenters. The maximum atomic E-state index is 5.43. The molecule has 0 radical (unpaired) electrons. The molecule has 0 saturated carbocycles. The zero-order chi connectivity index (χ0) is 35.9. The number of para-hydroxylation sites is 1. The van der Waals surface area contributed by atoms with Gasteiger partial charge in [-0.1, -0.05) is 200 Å². The van der Waals surface area contributed by atoms with Crippen molar-refractivity contribution in [1.29, 1.82) is 0 Å². The van der Waals surface area contributed by atoms with Gasteiger partial charge in [-0.2, -0.15) is 0 Å². The van der Waals surface area contributed by atoms with Gasteiger partial charge in [0.05, 0.1) is 16.9 Å². The number of benzene rings is 8. The van der Waals surface area contributed by atoms with Crippen molar-refractivity contribution in [2.75, 3.05) is 0 Å². The molecule has 10 rings (SSSR count). The van der Waals surface area contributed by atoms with E-state index in [0.29, 0.717) is 0 Å². The molecular formula is C51H36N2Si. The third-order valence-electron chi connectivity index (χ3n) is 10.9. The second kappa shape index (κ2) is 13.3. The van der Waals surface area contributed by atoms with Crippen LogP contribution in [-0.2, 0) is 0 Å². The van der Waals surface area contributed by atoms with Crippen LogP contribution in [0, 0.1) is 0 Å². The van der Waals surface area contributed by atoms with E-state index in [0.717, 1.165) is 39.1 Å². The van der Waals surface area contributed by atoms with Crippen molar-refractivity contribution in [3.8, 4) is 33.6 Å². The highest BCUT2D eigenvalue weighted by Gasteiger charge is 2.41. The summed E-state index contributed by atoms with van der Waals surface area (Å²) in [6.45, 7) is 0. The molecule has 54 heavy (non-hydrogen) atoms. The van der Waals surface area contributed by atoms with Crippen LogP contribution in [0.1, 0.15) is 0 Å². The zero-order valence-corrected chi connectivity index (χ0v) is 30.7. The minimum absolute atomic E-state index is 0.965. The van der Waals surface area contributed by atoms with Crippen LogP contribution in [0.4, 0.5) is 0 Å². The summed E-state index contributed by atoms with van der Waals surface area (Å²) in [7, 11) is -2.60. The SMILES string of the molecule is c1ccc(-c2nc3c4ccc(-c5ccc([Si](c6ccccc6)(c6ccccc6)c6ccccc6)cc5)cc4c4ccccc4n3c2-c2ccccc2)cc1. The molecule has 8 aromatic carbocycles. The molecule has 0 N–H and O–H groups in total. The first kappa shape index (κ1) is 31.9. The Morgan fingerprint density at radius 3 is 1.37 bits per heavy atom. The van der Waals surface area contributed by atoms with Crippen LogP contribution in [0.3, 0.4) is 0 Å². The fourth-order valence-corrected chi connectivity index (χ4v) is 13.3. The first-order valence-electron chi connectivity index (χ1n) is 18.6. The Labute approximate surface area is 316 Å². The number of pyridine rings is 1. The van der Waals surface area contributed by atoms with E-state index in [-0.39, 0.29) is 0 Å². The Morgan fingerprint density at radius 1 is 0.333 bits per heavy atom. The highest BCUT2D eigenvalue weighted by atomic mass is 28.3. The highest BCUT2D eigenvalue weighted by molar-refractivity contribution is 7.19. The van der Waals surface area contributed by atoms with Crippen LogP contribution in [0.2, 0.25) is 0 Å². The largest absolute Gasteiger partial charge is 0.291 e. The number of rotatable bonds is 7. The normalized spacial score (nSPS) is 11.7. The lowest BCUT2D eigenvalue weighted by Crippen LogP contribution is -2.74. The van der Waals surface area contributed by atoms with Crippen LogP contribution in [0.15, 0.2) is 218 Å². The summed E-state index contributed by atoms with van der Waals surface area (Å²) < 4.78 is 2.37. The van der Waals surface area contributed by atoms with Gasteiger partial charge in [0.2, 0.25) is 0 Å². The van der Waals surface area contributed by atoms with E-state index in [4.69, 9.17) is 4.98 Å².